The van der Waals surface area contributed by atoms with E-state index < -0.39 is 0 Å². The summed E-state index contributed by atoms with van der Waals surface area (Å²) < 4.78 is 0.837. The molecule has 0 aliphatic carbocycles. The second-order valence-corrected chi connectivity index (χ2v) is 6.19. The number of hydrogen-bond donors (Lipinski definition) is 2. The van der Waals surface area contributed by atoms with Crippen LogP contribution in [0.2, 0.25) is 5.02 Å². The number of para-hydroxylation sites is 1. The van der Waals surface area contributed by atoms with Gasteiger partial charge in [0.05, 0.1) is 5.69 Å². The highest BCUT2D eigenvalue weighted by Crippen LogP contribution is 2.21. The molecule has 0 bridgehead atoms. The summed E-state index contributed by atoms with van der Waals surface area (Å²) in [6.07, 6.45) is 0.901. The van der Waals surface area contributed by atoms with Crippen molar-refractivity contribution in [2.24, 2.45) is 0 Å². The van der Waals surface area contributed by atoms with E-state index in [4.69, 9.17) is 11.6 Å². The van der Waals surface area contributed by atoms with Gasteiger partial charge in [-0.15, -0.1) is 0 Å². The molecular formula is C17H16BrClN2O2. The van der Waals surface area contributed by atoms with Gasteiger partial charge in [0.1, 0.15) is 0 Å². The molecule has 2 rings (SSSR count). The van der Waals surface area contributed by atoms with Crippen LogP contribution in [-0.2, 0) is 4.79 Å². The lowest BCUT2D eigenvalue weighted by Crippen LogP contribution is -2.25. The number of nitrogens with one attached hydrogen (secondary N) is 2. The largest absolute Gasteiger partial charge is 0.352 e. The van der Waals surface area contributed by atoms with Gasteiger partial charge in [-0.1, -0.05) is 23.7 Å². The zero-order valence-electron chi connectivity index (χ0n) is 12.3. The van der Waals surface area contributed by atoms with Crippen molar-refractivity contribution in [2.75, 3.05) is 11.9 Å². The second kappa shape index (κ2) is 8.70. The summed E-state index contributed by atoms with van der Waals surface area (Å²) in [5.41, 5.74) is 1.29. The van der Waals surface area contributed by atoms with E-state index in [9.17, 15) is 9.59 Å². The molecule has 0 saturated carbocycles. The van der Waals surface area contributed by atoms with Crippen LogP contribution < -0.4 is 10.6 Å². The zero-order valence-corrected chi connectivity index (χ0v) is 14.7. The molecule has 0 atom stereocenters. The van der Waals surface area contributed by atoms with Gasteiger partial charge < -0.3 is 10.6 Å². The molecule has 2 amide bonds. The van der Waals surface area contributed by atoms with E-state index in [2.05, 4.69) is 26.6 Å². The predicted octanol–water partition coefficient (Wildman–Crippen LogP) is 4.25. The van der Waals surface area contributed by atoms with Gasteiger partial charge in [-0.25, -0.2) is 0 Å². The summed E-state index contributed by atoms with van der Waals surface area (Å²) in [5.74, 6) is -0.259. The van der Waals surface area contributed by atoms with E-state index in [-0.39, 0.29) is 11.8 Å². The summed E-state index contributed by atoms with van der Waals surface area (Å²) in [6.45, 7) is 0.435. The van der Waals surface area contributed by atoms with Crippen LogP contribution in [0.3, 0.4) is 0 Å². The van der Waals surface area contributed by atoms with Crippen molar-refractivity contribution in [3.8, 4) is 0 Å². The third-order valence-corrected chi connectivity index (χ3v) is 4.06. The highest BCUT2D eigenvalue weighted by molar-refractivity contribution is 9.10. The molecule has 120 valence electrons. The maximum atomic E-state index is 11.9. The molecule has 0 fully saturated rings. The Kier molecular flexibility index (Phi) is 6.62. The average Bonchev–Trinajstić information content (AvgIpc) is 2.54. The Morgan fingerprint density at radius 1 is 1.04 bits per heavy atom. The fourth-order valence-corrected chi connectivity index (χ4v) is 2.44. The van der Waals surface area contributed by atoms with E-state index in [0.717, 1.165) is 10.2 Å². The van der Waals surface area contributed by atoms with Crippen molar-refractivity contribution in [3.05, 3.63) is 63.6 Å². The lowest BCUT2D eigenvalue weighted by Gasteiger charge is -2.08. The number of carbonyl (C=O) groups excluding carboxylic acids is 2. The lowest BCUT2D eigenvalue weighted by molar-refractivity contribution is -0.116. The number of carbonyl (C=O) groups is 2. The van der Waals surface area contributed by atoms with Crippen LogP contribution in [-0.4, -0.2) is 18.4 Å². The van der Waals surface area contributed by atoms with E-state index >= 15 is 0 Å². The molecule has 2 aromatic carbocycles. The number of halogens is 2. The van der Waals surface area contributed by atoms with Crippen LogP contribution in [0.5, 0.6) is 0 Å². The van der Waals surface area contributed by atoms with Crippen molar-refractivity contribution >= 4 is 45.0 Å². The number of anilines is 1. The van der Waals surface area contributed by atoms with Gasteiger partial charge in [0.15, 0.2) is 0 Å². The molecule has 0 radical (unpaired) electrons. The molecule has 23 heavy (non-hydrogen) atoms. The zero-order chi connectivity index (χ0) is 16.7. The number of benzene rings is 2. The topological polar surface area (TPSA) is 58.2 Å². The van der Waals surface area contributed by atoms with Gasteiger partial charge in [0.25, 0.3) is 5.91 Å². The van der Waals surface area contributed by atoms with E-state index in [1.54, 1.807) is 24.3 Å². The first-order valence-electron chi connectivity index (χ1n) is 7.14. The van der Waals surface area contributed by atoms with Crippen molar-refractivity contribution in [3.63, 3.8) is 0 Å². The van der Waals surface area contributed by atoms with Crippen molar-refractivity contribution in [2.45, 2.75) is 12.8 Å². The normalized spacial score (nSPS) is 10.2. The van der Waals surface area contributed by atoms with Crippen LogP contribution in [0.4, 0.5) is 5.69 Å². The fraction of sp³-hybridized carbons (Fsp3) is 0.176. The van der Waals surface area contributed by atoms with Crippen LogP contribution in [0.1, 0.15) is 23.2 Å². The van der Waals surface area contributed by atoms with E-state index in [0.29, 0.717) is 30.0 Å². The van der Waals surface area contributed by atoms with E-state index in [1.807, 2.05) is 24.3 Å². The molecule has 0 saturated heterocycles. The van der Waals surface area contributed by atoms with Gasteiger partial charge in [-0.3, -0.25) is 9.59 Å². The Balaban J connectivity index is 1.71. The van der Waals surface area contributed by atoms with Crippen LogP contribution in [0.15, 0.2) is 53.0 Å². The molecule has 2 aromatic rings. The van der Waals surface area contributed by atoms with Crippen LogP contribution in [0.25, 0.3) is 0 Å². The minimum atomic E-state index is -0.173. The van der Waals surface area contributed by atoms with Crippen molar-refractivity contribution < 1.29 is 9.59 Å². The first kappa shape index (κ1) is 17.5. The van der Waals surface area contributed by atoms with Gasteiger partial charge >= 0.3 is 0 Å². The van der Waals surface area contributed by atoms with E-state index in [1.165, 1.54) is 0 Å². The molecule has 0 aliphatic rings. The molecular weight excluding hydrogens is 380 g/mol. The summed E-state index contributed by atoms with van der Waals surface area (Å²) in [7, 11) is 0. The summed E-state index contributed by atoms with van der Waals surface area (Å²) in [5, 5.41) is 6.19. The molecule has 0 unspecified atom stereocenters. The van der Waals surface area contributed by atoms with Gasteiger partial charge in [-0.05, 0) is 58.7 Å². The quantitative estimate of drug-likeness (QED) is 0.718. The van der Waals surface area contributed by atoms with Gasteiger partial charge in [0, 0.05) is 28.0 Å². The fourth-order valence-electron chi connectivity index (χ4n) is 1.93. The maximum Gasteiger partial charge on any atom is 0.251 e. The Hall–Kier alpha value is -1.85. The maximum absolute atomic E-state index is 11.9. The predicted molar refractivity (Wildman–Crippen MR) is 95.8 cm³/mol. The van der Waals surface area contributed by atoms with Gasteiger partial charge in [-0.2, -0.15) is 0 Å². The minimum absolute atomic E-state index is 0.0855. The van der Waals surface area contributed by atoms with Crippen molar-refractivity contribution in [1.29, 1.82) is 0 Å². The Labute approximate surface area is 148 Å². The number of amides is 2. The molecule has 6 heteroatoms. The number of hydrogen-bond acceptors (Lipinski definition) is 2. The number of rotatable bonds is 6. The molecule has 4 nitrogen and oxygen atoms in total. The second-order valence-electron chi connectivity index (χ2n) is 4.89. The Morgan fingerprint density at radius 3 is 2.43 bits per heavy atom. The minimum Gasteiger partial charge on any atom is -0.352 e. The standard InChI is InChI=1S/C17H16BrClN2O2/c18-14-4-1-2-5-15(14)21-16(22)6-3-11-20-17(23)12-7-9-13(19)10-8-12/h1-2,4-5,7-10H,3,6,11H2,(H,20,23)(H,21,22). The average molecular weight is 396 g/mol. The first-order chi connectivity index (χ1) is 11.1. The first-order valence-corrected chi connectivity index (χ1v) is 8.31. The van der Waals surface area contributed by atoms with Crippen molar-refractivity contribution in [1.82, 2.24) is 5.32 Å². The third-order valence-electron chi connectivity index (χ3n) is 3.12. The molecule has 2 N–H and O–H groups in total. The highest BCUT2D eigenvalue weighted by atomic mass is 79.9. The Bertz CT molecular complexity index is 689. The SMILES string of the molecule is O=C(CCCNC(=O)c1ccc(Cl)cc1)Nc1ccccc1Br. The summed E-state index contributed by atoms with van der Waals surface area (Å²) in [4.78, 5) is 23.7. The Morgan fingerprint density at radius 2 is 1.74 bits per heavy atom. The molecule has 0 spiro atoms. The molecule has 0 aromatic heterocycles. The molecule has 0 heterocycles. The van der Waals surface area contributed by atoms with Crippen LogP contribution >= 0.6 is 27.5 Å². The smallest absolute Gasteiger partial charge is 0.251 e. The van der Waals surface area contributed by atoms with Crippen LogP contribution in [0, 0.1) is 0 Å². The highest BCUT2D eigenvalue weighted by Gasteiger charge is 2.07. The molecule has 0 aliphatic heterocycles. The lowest BCUT2D eigenvalue weighted by atomic mass is 10.2. The van der Waals surface area contributed by atoms with Gasteiger partial charge in [0.2, 0.25) is 5.91 Å². The third kappa shape index (κ3) is 5.69. The summed E-state index contributed by atoms with van der Waals surface area (Å²) >= 11 is 9.15. The monoisotopic (exact) mass is 394 g/mol. The summed E-state index contributed by atoms with van der Waals surface area (Å²) in [6, 6.07) is 14.1.